The van der Waals surface area contributed by atoms with Crippen molar-refractivity contribution in [3.63, 3.8) is 0 Å². The Balaban J connectivity index is 1.43. The van der Waals surface area contributed by atoms with E-state index in [1.165, 1.54) is 23.5 Å². The Kier molecular flexibility index (Phi) is 6.27. The molecule has 6 nitrogen and oxygen atoms in total. The molecule has 1 aromatic heterocycles. The van der Waals surface area contributed by atoms with E-state index in [0.717, 1.165) is 29.0 Å². The monoisotopic (exact) mass is 439 g/mol. The lowest BCUT2D eigenvalue weighted by molar-refractivity contribution is -0.123. The summed E-state index contributed by atoms with van der Waals surface area (Å²) < 4.78 is 18.2. The summed E-state index contributed by atoms with van der Waals surface area (Å²) in [5.74, 6) is -0.351. The van der Waals surface area contributed by atoms with Gasteiger partial charge in [0, 0.05) is 17.0 Å². The van der Waals surface area contributed by atoms with Gasteiger partial charge in [0.25, 0.3) is 5.91 Å². The summed E-state index contributed by atoms with van der Waals surface area (Å²) in [6.45, 7) is 0.330. The van der Waals surface area contributed by atoms with Gasteiger partial charge in [0.15, 0.2) is 5.13 Å². The van der Waals surface area contributed by atoms with Gasteiger partial charge in [0.2, 0.25) is 5.91 Å². The fourth-order valence-corrected chi connectivity index (χ4v) is 4.61. The highest BCUT2D eigenvalue weighted by atomic mass is 32.1. The standard InChI is InChI=1S/C23H22FN3O3S/c1-30-17-11-7-15(8-12-17)21(28)27-23-26-20-18(3-2-4-19(20)31-23)22(29)25-13-14-5-9-16(24)10-6-14/h5-12,18H,2-4,13H2,1H3,(H,25,29)(H,26,27,28). The molecule has 0 radical (unpaired) electrons. The van der Waals surface area contributed by atoms with E-state index < -0.39 is 0 Å². The highest BCUT2D eigenvalue weighted by molar-refractivity contribution is 7.16. The van der Waals surface area contributed by atoms with Gasteiger partial charge in [-0.2, -0.15) is 0 Å². The molecule has 0 saturated carbocycles. The normalized spacial score (nSPS) is 15.1. The first-order chi connectivity index (χ1) is 15.0. The molecule has 2 aromatic carbocycles. The van der Waals surface area contributed by atoms with Gasteiger partial charge in [-0.3, -0.25) is 14.9 Å². The summed E-state index contributed by atoms with van der Waals surface area (Å²) in [6.07, 6.45) is 2.43. The Morgan fingerprint density at radius 2 is 1.90 bits per heavy atom. The molecule has 0 bridgehead atoms. The number of fused-ring (bicyclic) bond motifs is 1. The van der Waals surface area contributed by atoms with Crippen LogP contribution in [0.3, 0.4) is 0 Å². The first-order valence-corrected chi connectivity index (χ1v) is 10.8. The van der Waals surface area contributed by atoms with E-state index in [1.54, 1.807) is 43.5 Å². The number of rotatable bonds is 6. The van der Waals surface area contributed by atoms with Crippen LogP contribution in [0.25, 0.3) is 0 Å². The van der Waals surface area contributed by atoms with E-state index >= 15 is 0 Å². The second-order valence-corrected chi connectivity index (χ2v) is 8.38. The number of halogens is 1. The number of aromatic nitrogens is 1. The fourth-order valence-electron chi connectivity index (χ4n) is 3.55. The predicted molar refractivity (Wildman–Crippen MR) is 117 cm³/mol. The average Bonchev–Trinajstić information content (AvgIpc) is 3.21. The van der Waals surface area contributed by atoms with Gasteiger partial charge in [-0.05, 0) is 61.2 Å². The smallest absolute Gasteiger partial charge is 0.257 e. The predicted octanol–water partition coefficient (Wildman–Crippen LogP) is 4.28. The number of carbonyl (C=O) groups is 2. The zero-order valence-corrected chi connectivity index (χ0v) is 17.8. The SMILES string of the molecule is COc1ccc(C(=O)Nc2nc3c(s2)CCCC3C(=O)NCc2ccc(F)cc2)cc1. The molecule has 31 heavy (non-hydrogen) atoms. The first-order valence-electron chi connectivity index (χ1n) is 10.0. The molecule has 1 atom stereocenters. The summed E-state index contributed by atoms with van der Waals surface area (Å²) in [6, 6.07) is 12.9. The van der Waals surface area contributed by atoms with Crippen molar-refractivity contribution >= 4 is 28.3 Å². The summed E-state index contributed by atoms with van der Waals surface area (Å²) in [7, 11) is 1.57. The lowest BCUT2D eigenvalue weighted by Gasteiger charge is -2.20. The number of methoxy groups -OCH3 is 1. The molecule has 3 aromatic rings. The lowest BCUT2D eigenvalue weighted by atomic mass is 9.90. The topological polar surface area (TPSA) is 80.3 Å². The van der Waals surface area contributed by atoms with Crippen molar-refractivity contribution in [1.29, 1.82) is 0 Å². The van der Waals surface area contributed by atoms with Crippen LogP contribution < -0.4 is 15.4 Å². The first kappa shape index (κ1) is 21.0. The second kappa shape index (κ2) is 9.26. The summed E-state index contributed by atoms with van der Waals surface area (Å²) >= 11 is 1.41. The third-order valence-corrected chi connectivity index (χ3v) is 6.27. The Hall–Kier alpha value is -3.26. The highest BCUT2D eigenvalue weighted by Gasteiger charge is 2.30. The van der Waals surface area contributed by atoms with E-state index in [2.05, 4.69) is 15.6 Å². The van der Waals surface area contributed by atoms with Crippen LogP contribution in [0.5, 0.6) is 5.75 Å². The van der Waals surface area contributed by atoms with Crippen LogP contribution in [0.2, 0.25) is 0 Å². The largest absolute Gasteiger partial charge is 0.497 e. The van der Waals surface area contributed by atoms with Gasteiger partial charge in [-0.1, -0.05) is 12.1 Å². The van der Waals surface area contributed by atoms with E-state index in [1.807, 2.05) is 0 Å². The molecular formula is C23H22FN3O3S. The second-order valence-electron chi connectivity index (χ2n) is 7.30. The Morgan fingerprint density at radius 1 is 1.16 bits per heavy atom. The molecule has 1 aliphatic carbocycles. The maximum absolute atomic E-state index is 13.0. The highest BCUT2D eigenvalue weighted by Crippen LogP contribution is 2.37. The zero-order chi connectivity index (χ0) is 21.8. The number of thiazole rings is 1. The van der Waals surface area contributed by atoms with Gasteiger partial charge >= 0.3 is 0 Å². The molecule has 1 unspecified atom stereocenters. The number of hydrogen-bond donors (Lipinski definition) is 2. The zero-order valence-electron chi connectivity index (χ0n) is 17.0. The number of aryl methyl sites for hydroxylation is 1. The van der Waals surface area contributed by atoms with Crippen LogP contribution in [0.1, 0.15) is 45.3 Å². The molecule has 2 N–H and O–H groups in total. The van der Waals surface area contributed by atoms with Crippen molar-refractivity contribution in [2.24, 2.45) is 0 Å². The molecule has 0 spiro atoms. The van der Waals surface area contributed by atoms with E-state index in [4.69, 9.17) is 4.74 Å². The number of anilines is 1. The van der Waals surface area contributed by atoms with Crippen LogP contribution >= 0.6 is 11.3 Å². The number of carbonyl (C=O) groups excluding carboxylic acids is 2. The molecular weight excluding hydrogens is 417 g/mol. The van der Waals surface area contributed by atoms with Gasteiger partial charge in [-0.25, -0.2) is 9.37 Å². The van der Waals surface area contributed by atoms with Crippen LogP contribution in [0.4, 0.5) is 9.52 Å². The quantitative estimate of drug-likeness (QED) is 0.601. The molecule has 160 valence electrons. The number of hydrogen-bond acceptors (Lipinski definition) is 5. The van der Waals surface area contributed by atoms with Crippen LogP contribution in [0.15, 0.2) is 48.5 Å². The maximum atomic E-state index is 13.0. The van der Waals surface area contributed by atoms with Crippen molar-refractivity contribution in [2.45, 2.75) is 31.7 Å². The Bertz CT molecular complexity index is 1080. The number of amides is 2. The minimum atomic E-state index is -0.355. The number of benzene rings is 2. The fraction of sp³-hybridized carbons (Fsp3) is 0.261. The molecule has 8 heteroatoms. The summed E-state index contributed by atoms with van der Waals surface area (Å²) in [5.41, 5.74) is 2.07. The van der Waals surface area contributed by atoms with Crippen molar-refractivity contribution in [2.75, 3.05) is 12.4 Å². The summed E-state index contributed by atoms with van der Waals surface area (Å²) in [5, 5.41) is 6.25. The molecule has 0 saturated heterocycles. The van der Waals surface area contributed by atoms with Crippen LogP contribution in [-0.2, 0) is 17.8 Å². The molecule has 1 heterocycles. The molecule has 4 rings (SSSR count). The van der Waals surface area contributed by atoms with Crippen molar-refractivity contribution in [1.82, 2.24) is 10.3 Å². The molecule has 1 aliphatic rings. The Labute approximate surface area is 183 Å². The average molecular weight is 440 g/mol. The van der Waals surface area contributed by atoms with E-state index in [0.29, 0.717) is 29.4 Å². The van der Waals surface area contributed by atoms with Gasteiger partial charge < -0.3 is 10.1 Å². The number of nitrogens with zero attached hydrogens (tertiary/aromatic N) is 1. The summed E-state index contributed by atoms with van der Waals surface area (Å²) in [4.78, 5) is 30.9. The van der Waals surface area contributed by atoms with Crippen molar-refractivity contribution in [3.8, 4) is 5.75 Å². The van der Waals surface area contributed by atoms with E-state index in [-0.39, 0.29) is 23.5 Å². The third-order valence-electron chi connectivity index (χ3n) is 5.22. The van der Waals surface area contributed by atoms with Crippen LogP contribution in [-0.4, -0.2) is 23.9 Å². The molecule has 0 fully saturated rings. The van der Waals surface area contributed by atoms with E-state index in [9.17, 15) is 14.0 Å². The minimum absolute atomic E-state index is 0.108. The van der Waals surface area contributed by atoms with Crippen LogP contribution in [0, 0.1) is 5.82 Å². The number of ether oxygens (including phenoxy) is 1. The maximum Gasteiger partial charge on any atom is 0.257 e. The molecule has 0 aliphatic heterocycles. The minimum Gasteiger partial charge on any atom is -0.497 e. The van der Waals surface area contributed by atoms with Crippen molar-refractivity contribution in [3.05, 3.63) is 76.0 Å². The third kappa shape index (κ3) is 4.91. The van der Waals surface area contributed by atoms with Gasteiger partial charge in [-0.15, -0.1) is 11.3 Å². The van der Waals surface area contributed by atoms with Gasteiger partial charge in [0.05, 0.1) is 18.7 Å². The Morgan fingerprint density at radius 3 is 2.61 bits per heavy atom. The number of nitrogens with one attached hydrogen (secondary N) is 2. The molecule has 2 amide bonds. The van der Waals surface area contributed by atoms with Gasteiger partial charge in [0.1, 0.15) is 11.6 Å². The van der Waals surface area contributed by atoms with Crippen molar-refractivity contribution < 1.29 is 18.7 Å². The lowest BCUT2D eigenvalue weighted by Crippen LogP contribution is -2.31.